The first kappa shape index (κ1) is 15.0. The molecule has 1 aromatic carbocycles. The fourth-order valence-electron chi connectivity index (χ4n) is 2.27. The SMILES string of the molecule is CN1CC(CNC(=O)CNC(=O)c2ccccc2)CC1=O. The summed E-state index contributed by atoms with van der Waals surface area (Å²) in [6.07, 6.45) is 0.465. The zero-order chi connectivity index (χ0) is 15.2. The quantitative estimate of drug-likeness (QED) is 0.801. The van der Waals surface area contributed by atoms with Crippen LogP contribution in [0.4, 0.5) is 0 Å². The van der Waals surface area contributed by atoms with Crippen LogP contribution in [0.2, 0.25) is 0 Å². The number of rotatable bonds is 5. The Morgan fingerprint density at radius 3 is 2.57 bits per heavy atom. The molecule has 1 saturated heterocycles. The summed E-state index contributed by atoms with van der Waals surface area (Å²) in [6, 6.07) is 8.73. The average Bonchev–Trinajstić information content (AvgIpc) is 2.82. The summed E-state index contributed by atoms with van der Waals surface area (Å²) in [5, 5.41) is 5.30. The van der Waals surface area contributed by atoms with E-state index in [0.29, 0.717) is 25.1 Å². The van der Waals surface area contributed by atoms with E-state index in [2.05, 4.69) is 10.6 Å². The normalized spacial score (nSPS) is 17.7. The minimum absolute atomic E-state index is 0.0652. The summed E-state index contributed by atoms with van der Waals surface area (Å²) >= 11 is 0. The first-order valence-electron chi connectivity index (χ1n) is 6.90. The maximum absolute atomic E-state index is 11.8. The van der Waals surface area contributed by atoms with E-state index in [1.165, 1.54) is 0 Å². The minimum atomic E-state index is -0.276. The Balaban J connectivity index is 1.68. The van der Waals surface area contributed by atoms with Gasteiger partial charge >= 0.3 is 0 Å². The van der Waals surface area contributed by atoms with Crippen LogP contribution in [0.3, 0.4) is 0 Å². The van der Waals surface area contributed by atoms with Gasteiger partial charge in [-0.3, -0.25) is 14.4 Å². The van der Waals surface area contributed by atoms with Crippen molar-refractivity contribution in [3.63, 3.8) is 0 Å². The topological polar surface area (TPSA) is 78.5 Å². The van der Waals surface area contributed by atoms with Crippen LogP contribution in [-0.2, 0) is 9.59 Å². The van der Waals surface area contributed by atoms with Gasteiger partial charge in [0, 0.05) is 38.0 Å². The molecule has 112 valence electrons. The minimum Gasteiger partial charge on any atom is -0.354 e. The lowest BCUT2D eigenvalue weighted by atomic mass is 10.1. The van der Waals surface area contributed by atoms with E-state index in [9.17, 15) is 14.4 Å². The molecule has 1 fully saturated rings. The van der Waals surface area contributed by atoms with Crippen LogP contribution in [0, 0.1) is 5.92 Å². The van der Waals surface area contributed by atoms with E-state index in [1.807, 2.05) is 6.07 Å². The van der Waals surface area contributed by atoms with Crippen molar-refractivity contribution in [2.24, 2.45) is 5.92 Å². The number of carbonyl (C=O) groups is 3. The number of carbonyl (C=O) groups excluding carboxylic acids is 3. The van der Waals surface area contributed by atoms with Gasteiger partial charge in [0.05, 0.1) is 6.54 Å². The first-order chi connectivity index (χ1) is 10.1. The van der Waals surface area contributed by atoms with E-state index in [0.717, 1.165) is 0 Å². The highest BCUT2D eigenvalue weighted by Crippen LogP contribution is 2.14. The van der Waals surface area contributed by atoms with Gasteiger partial charge in [0.25, 0.3) is 5.91 Å². The van der Waals surface area contributed by atoms with E-state index < -0.39 is 0 Å². The predicted octanol–water partition coefficient (Wildman–Crippen LogP) is 0.0109. The van der Waals surface area contributed by atoms with Crippen molar-refractivity contribution in [1.29, 1.82) is 0 Å². The van der Waals surface area contributed by atoms with Crippen LogP contribution in [-0.4, -0.2) is 49.3 Å². The van der Waals surface area contributed by atoms with Crippen molar-refractivity contribution in [3.05, 3.63) is 35.9 Å². The summed E-state index contributed by atoms with van der Waals surface area (Å²) in [4.78, 5) is 36.4. The number of amides is 3. The lowest BCUT2D eigenvalue weighted by Crippen LogP contribution is -2.39. The third-order valence-electron chi connectivity index (χ3n) is 3.45. The second-order valence-electron chi connectivity index (χ2n) is 5.20. The van der Waals surface area contributed by atoms with Crippen LogP contribution in [0.15, 0.2) is 30.3 Å². The molecule has 0 saturated carbocycles. The Labute approximate surface area is 123 Å². The number of nitrogens with one attached hydrogen (secondary N) is 2. The molecule has 6 nitrogen and oxygen atoms in total. The van der Waals surface area contributed by atoms with Gasteiger partial charge in [0.15, 0.2) is 0 Å². The Morgan fingerprint density at radius 1 is 1.24 bits per heavy atom. The molecule has 2 N–H and O–H groups in total. The summed E-state index contributed by atoms with van der Waals surface area (Å²) in [6.45, 7) is 1.05. The third-order valence-corrected chi connectivity index (χ3v) is 3.45. The largest absolute Gasteiger partial charge is 0.354 e. The average molecular weight is 289 g/mol. The van der Waals surface area contributed by atoms with Crippen LogP contribution in [0.1, 0.15) is 16.8 Å². The van der Waals surface area contributed by atoms with Crippen molar-refractivity contribution in [3.8, 4) is 0 Å². The Morgan fingerprint density at radius 2 is 1.95 bits per heavy atom. The van der Waals surface area contributed by atoms with E-state index in [-0.39, 0.29) is 30.2 Å². The summed E-state index contributed by atoms with van der Waals surface area (Å²) in [5.74, 6) is -0.272. The van der Waals surface area contributed by atoms with Gasteiger partial charge in [-0.05, 0) is 12.1 Å². The second kappa shape index (κ2) is 6.88. The molecular weight excluding hydrogens is 270 g/mol. The van der Waals surface area contributed by atoms with Crippen LogP contribution >= 0.6 is 0 Å². The lowest BCUT2D eigenvalue weighted by Gasteiger charge is -2.11. The number of likely N-dealkylation sites (tertiary alicyclic amines) is 1. The van der Waals surface area contributed by atoms with Gasteiger partial charge in [-0.1, -0.05) is 18.2 Å². The maximum atomic E-state index is 11.8. The Bertz CT molecular complexity index is 530. The Kier molecular flexibility index (Phi) is 4.92. The van der Waals surface area contributed by atoms with Gasteiger partial charge in [-0.15, -0.1) is 0 Å². The molecule has 0 spiro atoms. The molecule has 0 bridgehead atoms. The summed E-state index contributed by atoms with van der Waals surface area (Å²) in [7, 11) is 1.75. The molecule has 21 heavy (non-hydrogen) atoms. The van der Waals surface area contributed by atoms with E-state index in [4.69, 9.17) is 0 Å². The van der Waals surface area contributed by atoms with Gasteiger partial charge in [0.1, 0.15) is 0 Å². The highest BCUT2D eigenvalue weighted by Gasteiger charge is 2.26. The molecule has 1 aromatic rings. The molecule has 0 aromatic heterocycles. The molecule has 0 aliphatic carbocycles. The van der Waals surface area contributed by atoms with Crippen molar-refractivity contribution in [2.75, 3.05) is 26.7 Å². The monoisotopic (exact) mass is 289 g/mol. The maximum Gasteiger partial charge on any atom is 0.251 e. The molecular formula is C15H19N3O3. The number of hydrogen-bond acceptors (Lipinski definition) is 3. The van der Waals surface area contributed by atoms with Crippen molar-refractivity contribution >= 4 is 17.7 Å². The summed E-state index contributed by atoms with van der Waals surface area (Å²) < 4.78 is 0. The fraction of sp³-hybridized carbons (Fsp3) is 0.400. The number of hydrogen-bond donors (Lipinski definition) is 2. The van der Waals surface area contributed by atoms with Gasteiger partial charge in [-0.2, -0.15) is 0 Å². The fourth-order valence-corrected chi connectivity index (χ4v) is 2.27. The van der Waals surface area contributed by atoms with Crippen molar-refractivity contribution in [2.45, 2.75) is 6.42 Å². The molecule has 1 unspecified atom stereocenters. The molecule has 1 heterocycles. The predicted molar refractivity (Wildman–Crippen MR) is 77.5 cm³/mol. The lowest BCUT2D eigenvalue weighted by molar-refractivity contribution is -0.126. The first-order valence-corrected chi connectivity index (χ1v) is 6.90. The Hall–Kier alpha value is -2.37. The van der Waals surface area contributed by atoms with Gasteiger partial charge in [0.2, 0.25) is 11.8 Å². The molecule has 1 aliphatic rings. The van der Waals surface area contributed by atoms with Crippen LogP contribution in [0.5, 0.6) is 0 Å². The van der Waals surface area contributed by atoms with Crippen molar-refractivity contribution in [1.82, 2.24) is 15.5 Å². The third kappa shape index (κ3) is 4.30. The molecule has 3 amide bonds. The van der Waals surface area contributed by atoms with Crippen molar-refractivity contribution < 1.29 is 14.4 Å². The molecule has 0 radical (unpaired) electrons. The van der Waals surface area contributed by atoms with Gasteiger partial charge in [-0.25, -0.2) is 0 Å². The molecule has 6 heteroatoms. The highest BCUT2D eigenvalue weighted by molar-refractivity contribution is 5.96. The zero-order valence-electron chi connectivity index (χ0n) is 12.0. The smallest absolute Gasteiger partial charge is 0.251 e. The van der Waals surface area contributed by atoms with E-state index in [1.54, 1.807) is 36.2 Å². The highest BCUT2D eigenvalue weighted by atomic mass is 16.2. The van der Waals surface area contributed by atoms with Gasteiger partial charge < -0.3 is 15.5 Å². The molecule has 1 aliphatic heterocycles. The second-order valence-corrected chi connectivity index (χ2v) is 5.20. The van der Waals surface area contributed by atoms with Crippen LogP contribution in [0.25, 0.3) is 0 Å². The molecule has 2 rings (SSSR count). The van der Waals surface area contributed by atoms with E-state index >= 15 is 0 Å². The number of benzene rings is 1. The molecule has 1 atom stereocenters. The summed E-state index contributed by atoms with van der Waals surface area (Å²) in [5.41, 5.74) is 0.522. The van der Waals surface area contributed by atoms with Crippen LogP contribution < -0.4 is 10.6 Å². The standard InChI is InChI=1S/C15H19N3O3/c1-18-10-11(7-14(18)20)8-16-13(19)9-17-15(21)12-5-3-2-4-6-12/h2-6,11H,7-10H2,1H3,(H,16,19)(H,17,21). The number of nitrogens with zero attached hydrogens (tertiary/aromatic N) is 1. The zero-order valence-corrected chi connectivity index (χ0v) is 12.0.